The van der Waals surface area contributed by atoms with Gasteiger partial charge in [0, 0.05) is 18.3 Å². The van der Waals surface area contributed by atoms with Gasteiger partial charge in [-0.25, -0.2) is 9.97 Å². The number of imidazole rings is 1. The molecule has 7 heteroatoms. The molecule has 2 aromatic heterocycles. The number of non-ortho nitro benzene ring substituents is 1. The van der Waals surface area contributed by atoms with E-state index in [-0.39, 0.29) is 11.1 Å². The van der Waals surface area contributed by atoms with Crippen LogP contribution in [-0.4, -0.2) is 19.9 Å². The maximum absolute atomic E-state index is 10.8. The zero-order valence-electron chi connectivity index (χ0n) is 12.7. The van der Waals surface area contributed by atoms with Gasteiger partial charge in [-0.05, 0) is 24.5 Å². The Bertz CT molecular complexity index is 980. The lowest BCUT2D eigenvalue weighted by Crippen LogP contribution is -2.36. The SMILES string of the molecule is N#Cc1cnc2nc(C3(c4ccc([N+](=O)[O-])cc4)CCC3)[nH]c2c1. The number of benzene rings is 1. The number of nitro groups is 1. The average molecular weight is 319 g/mol. The third kappa shape index (κ3) is 2.04. The molecule has 0 saturated heterocycles. The highest BCUT2D eigenvalue weighted by Gasteiger charge is 2.43. The van der Waals surface area contributed by atoms with E-state index in [4.69, 9.17) is 5.26 Å². The van der Waals surface area contributed by atoms with Crippen LogP contribution in [0.25, 0.3) is 11.2 Å². The van der Waals surface area contributed by atoms with Crippen LogP contribution in [0.3, 0.4) is 0 Å². The Morgan fingerprint density at radius 3 is 2.62 bits per heavy atom. The van der Waals surface area contributed by atoms with Crippen molar-refractivity contribution < 1.29 is 4.92 Å². The first-order chi connectivity index (χ1) is 11.6. The second kappa shape index (κ2) is 5.13. The lowest BCUT2D eigenvalue weighted by atomic mass is 9.64. The standard InChI is InChI=1S/C17H13N5O2/c18-9-11-8-14-15(19-10-11)21-16(20-14)17(6-1-7-17)12-2-4-13(5-3-12)22(23)24/h2-5,8,10H,1,6-7H2,(H,19,20,21). The fourth-order valence-corrected chi connectivity index (χ4v) is 3.28. The minimum absolute atomic E-state index is 0.0816. The van der Waals surface area contributed by atoms with Gasteiger partial charge in [0.05, 0.1) is 21.4 Å². The Morgan fingerprint density at radius 2 is 2.04 bits per heavy atom. The zero-order valence-corrected chi connectivity index (χ0v) is 12.7. The van der Waals surface area contributed by atoms with Crippen molar-refractivity contribution in [3.8, 4) is 6.07 Å². The van der Waals surface area contributed by atoms with E-state index in [1.807, 2.05) is 0 Å². The molecule has 0 aliphatic heterocycles. The van der Waals surface area contributed by atoms with E-state index in [0.29, 0.717) is 11.2 Å². The van der Waals surface area contributed by atoms with Crippen LogP contribution in [0.15, 0.2) is 36.5 Å². The third-order valence-electron chi connectivity index (χ3n) is 4.76. The summed E-state index contributed by atoms with van der Waals surface area (Å²) in [4.78, 5) is 22.6. The van der Waals surface area contributed by atoms with E-state index in [0.717, 1.165) is 36.2 Å². The maximum atomic E-state index is 10.8. The Kier molecular flexibility index (Phi) is 3.06. The summed E-state index contributed by atoms with van der Waals surface area (Å²) in [6.45, 7) is 0. The van der Waals surface area contributed by atoms with Crippen molar-refractivity contribution >= 4 is 16.9 Å². The highest BCUT2D eigenvalue weighted by atomic mass is 16.6. The van der Waals surface area contributed by atoms with Crippen LogP contribution < -0.4 is 0 Å². The molecule has 1 aliphatic rings. The second-order valence-electron chi connectivity index (χ2n) is 6.03. The molecule has 0 bridgehead atoms. The largest absolute Gasteiger partial charge is 0.340 e. The number of nitro benzene ring substituents is 1. The van der Waals surface area contributed by atoms with E-state index in [2.05, 4.69) is 21.0 Å². The summed E-state index contributed by atoms with van der Waals surface area (Å²) in [6.07, 6.45) is 4.43. The number of hydrogen-bond donors (Lipinski definition) is 1. The Labute approximate surface area is 137 Å². The van der Waals surface area contributed by atoms with Crippen molar-refractivity contribution in [2.75, 3.05) is 0 Å². The van der Waals surface area contributed by atoms with Crippen molar-refractivity contribution in [3.63, 3.8) is 0 Å². The number of aromatic amines is 1. The second-order valence-corrected chi connectivity index (χ2v) is 6.03. The molecular formula is C17H13N5O2. The topological polar surface area (TPSA) is 108 Å². The number of H-pyrrole nitrogens is 1. The monoisotopic (exact) mass is 319 g/mol. The Balaban J connectivity index is 1.80. The summed E-state index contributed by atoms with van der Waals surface area (Å²) < 4.78 is 0. The van der Waals surface area contributed by atoms with Crippen molar-refractivity contribution in [2.24, 2.45) is 0 Å². The summed E-state index contributed by atoms with van der Waals surface area (Å²) in [7, 11) is 0. The fraction of sp³-hybridized carbons (Fsp3) is 0.235. The molecule has 1 aliphatic carbocycles. The molecule has 0 radical (unpaired) electrons. The van der Waals surface area contributed by atoms with Gasteiger partial charge < -0.3 is 4.98 Å². The van der Waals surface area contributed by atoms with E-state index in [9.17, 15) is 10.1 Å². The summed E-state index contributed by atoms with van der Waals surface area (Å²) in [5, 5.41) is 19.8. The van der Waals surface area contributed by atoms with Crippen molar-refractivity contribution in [1.29, 1.82) is 5.26 Å². The number of aromatic nitrogens is 3. The molecule has 0 spiro atoms. The highest BCUT2D eigenvalue weighted by molar-refractivity contribution is 5.72. The van der Waals surface area contributed by atoms with E-state index in [1.165, 1.54) is 18.3 Å². The minimum Gasteiger partial charge on any atom is -0.340 e. The van der Waals surface area contributed by atoms with Gasteiger partial charge in [0.15, 0.2) is 5.65 Å². The van der Waals surface area contributed by atoms with E-state index in [1.54, 1.807) is 18.2 Å². The van der Waals surface area contributed by atoms with Crippen molar-refractivity contribution in [1.82, 2.24) is 15.0 Å². The molecule has 1 N–H and O–H groups in total. The number of pyridine rings is 1. The number of nitrogens with zero attached hydrogens (tertiary/aromatic N) is 4. The number of rotatable bonds is 3. The zero-order chi connectivity index (χ0) is 16.7. The summed E-state index contributed by atoms with van der Waals surface area (Å²) >= 11 is 0. The number of nitrogens with one attached hydrogen (secondary N) is 1. The predicted molar refractivity (Wildman–Crippen MR) is 86.3 cm³/mol. The summed E-state index contributed by atoms with van der Waals surface area (Å²) in [5.74, 6) is 0.806. The first-order valence-electron chi connectivity index (χ1n) is 7.64. The lowest BCUT2D eigenvalue weighted by molar-refractivity contribution is -0.384. The molecule has 0 unspecified atom stereocenters. The molecule has 7 nitrogen and oxygen atoms in total. The molecule has 3 aromatic rings. The third-order valence-corrected chi connectivity index (χ3v) is 4.76. The molecule has 4 rings (SSSR count). The van der Waals surface area contributed by atoms with Crippen LogP contribution in [0.5, 0.6) is 0 Å². The van der Waals surface area contributed by atoms with E-state index >= 15 is 0 Å². The van der Waals surface area contributed by atoms with Crippen molar-refractivity contribution in [3.05, 3.63) is 63.6 Å². The molecule has 1 saturated carbocycles. The van der Waals surface area contributed by atoms with Gasteiger partial charge in [-0.2, -0.15) is 5.26 Å². The maximum Gasteiger partial charge on any atom is 0.269 e. The van der Waals surface area contributed by atoms with E-state index < -0.39 is 4.92 Å². The summed E-state index contributed by atoms with van der Waals surface area (Å²) in [6, 6.07) is 10.5. The minimum atomic E-state index is -0.397. The van der Waals surface area contributed by atoms with Crippen LogP contribution in [-0.2, 0) is 5.41 Å². The quantitative estimate of drug-likeness (QED) is 0.589. The smallest absolute Gasteiger partial charge is 0.269 e. The van der Waals surface area contributed by atoms with Gasteiger partial charge >= 0.3 is 0 Å². The van der Waals surface area contributed by atoms with Gasteiger partial charge in [0.25, 0.3) is 5.69 Å². The first-order valence-corrected chi connectivity index (χ1v) is 7.64. The Morgan fingerprint density at radius 1 is 1.29 bits per heavy atom. The predicted octanol–water partition coefficient (Wildman–Crippen LogP) is 3.21. The molecule has 2 heterocycles. The van der Waals surface area contributed by atoms with Gasteiger partial charge in [-0.3, -0.25) is 10.1 Å². The van der Waals surface area contributed by atoms with Crippen LogP contribution in [0.1, 0.15) is 36.2 Å². The normalized spacial score (nSPS) is 15.6. The van der Waals surface area contributed by atoms with Gasteiger partial charge in [0.1, 0.15) is 11.9 Å². The van der Waals surface area contributed by atoms with Gasteiger partial charge in [-0.1, -0.05) is 18.6 Å². The number of fused-ring (bicyclic) bond motifs is 1. The molecule has 0 amide bonds. The number of nitriles is 1. The molecule has 1 aromatic carbocycles. The van der Waals surface area contributed by atoms with Crippen LogP contribution in [0.4, 0.5) is 5.69 Å². The van der Waals surface area contributed by atoms with Gasteiger partial charge in [0.2, 0.25) is 0 Å². The van der Waals surface area contributed by atoms with Crippen LogP contribution in [0, 0.1) is 21.4 Å². The van der Waals surface area contributed by atoms with Crippen molar-refractivity contribution in [2.45, 2.75) is 24.7 Å². The number of hydrogen-bond acceptors (Lipinski definition) is 5. The summed E-state index contributed by atoms with van der Waals surface area (Å²) in [5.41, 5.74) is 2.63. The molecular weight excluding hydrogens is 306 g/mol. The lowest BCUT2D eigenvalue weighted by Gasteiger charge is -2.40. The fourth-order valence-electron chi connectivity index (χ4n) is 3.28. The van der Waals surface area contributed by atoms with Crippen LogP contribution in [0.2, 0.25) is 0 Å². The molecule has 1 fully saturated rings. The average Bonchev–Trinajstić information content (AvgIpc) is 2.97. The van der Waals surface area contributed by atoms with Crippen LogP contribution >= 0.6 is 0 Å². The van der Waals surface area contributed by atoms with Gasteiger partial charge in [-0.15, -0.1) is 0 Å². The Hall–Kier alpha value is -3.27. The first kappa shape index (κ1) is 14.3. The highest BCUT2D eigenvalue weighted by Crippen LogP contribution is 2.48. The molecule has 0 atom stereocenters. The molecule has 118 valence electrons. The molecule has 24 heavy (non-hydrogen) atoms.